The van der Waals surface area contributed by atoms with E-state index in [-0.39, 0.29) is 5.41 Å². The fourth-order valence-electron chi connectivity index (χ4n) is 2.67. The third kappa shape index (κ3) is 2.53. The van der Waals surface area contributed by atoms with Crippen molar-refractivity contribution in [2.45, 2.75) is 24.4 Å². The Bertz CT molecular complexity index is 622. The molecule has 0 heterocycles. The molecular formula is C17H18BrNO. The van der Waals surface area contributed by atoms with Gasteiger partial charge in [0.2, 0.25) is 0 Å². The summed E-state index contributed by atoms with van der Waals surface area (Å²) in [4.78, 5) is 0. The van der Waals surface area contributed by atoms with Crippen LogP contribution in [-0.4, -0.2) is 11.7 Å². The van der Waals surface area contributed by atoms with Crippen LogP contribution in [0.2, 0.25) is 0 Å². The summed E-state index contributed by atoms with van der Waals surface area (Å²) < 4.78 is 0.978. The van der Waals surface area contributed by atoms with Crippen molar-refractivity contribution in [3.8, 4) is 0 Å². The molecule has 2 aromatic carbocycles. The van der Waals surface area contributed by atoms with Crippen molar-refractivity contribution >= 4 is 15.9 Å². The van der Waals surface area contributed by atoms with Gasteiger partial charge in [0.1, 0.15) is 6.10 Å². The van der Waals surface area contributed by atoms with Gasteiger partial charge in [-0.3, -0.25) is 0 Å². The molecule has 1 aliphatic carbocycles. The van der Waals surface area contributed by atoms with E-state index in [1.54, 1.807) is 0 Å². The van der Waals surface area contributed by atoms with Crippen LogP contribution in [-0.2, 0) is 5.41 Å². The molecule has 0 saturated heterocycles. The van der Waals surface area contributed by atoms with Crippen molar-refractivity contribution in [2.24, 2.45) is 5.73 Å². The summed E-state index contributed by atoms with van der Waals surface area (Å²) in [6.07, 6.45) is 1.71. The molecule has 2 nitrogen and oxygen atoms in total. The summed E-state index contributed by atoms with van der Waals surface area (Å²) in [5, 5.41) is 10.5. The van der Waals surface area contributed by atoms with Crippen LogP contribution in [0.15, 0.2) is 53.0 Å². The quantitative estimate of drug-likeness (QED) is 0.900. The van der Waals surface area contributed by atoms with Crippen molar-refractivity contribution in [3.05, 3.63) is 69.7 Å². The largest absolute Gasteiger partial charge is 0.384 e. The highest BCUT2D eigenvalue weighted by Gasteiger charge is 2.42. The van der Waals surface area contributed by atoms with E-state index < -0.39 is 6.10 Å². The van der Waals surface area contributed by atoms with Crippen LogP contribution in [0.4, 0.5) is 0 Å². The molecule has 3 N–H and O–H groups in total. The number of hydrogen-bond donors (Lipinski definition) is 2. The van der Waals surface area contributed by atoms with Gasteiger partial charge in [0.25, 0.3) is 0 Å². The van der Waals surface area contributed by atoms with Crippen LogP contribution in [0.1, 0.15) is 35.6 Å². The van der Waals surface area contributed by atoms with Gasteiger partial charge < -0.3 is 10.8 Å². The molecule has 0 bridgehead atoms. The molecule has 3 rings (SSSR count). The maximum Gasteiger partial charge on any atom is 0.104 e. The van der Waals surface area contributed by atoms with Crippen LogP contribution in [0.25, 0.3) is 0 Å². The minimum atomic E-state index is -0.596. The zero-order valence-corrected chi connectivity index (χ0v) is 12.8. The Balaban J connectivity index is 1.92. The summed E-state index contributed by atoms with van der Waals surface area (Å²) in [7, 11) is 0. The molecule has 1 saturated carbocycles. The maximum atomic E-state index is 10.5. The molecule has 2 aromatic rings. The van der Waals surface area contributed by atoms with Crippen molar-refractivity contribution in [2.75, 3.05) is 6.54 Å². The van der Waals surface area contributed by atoms with E-state index in [4.69, 9.17) is 5.73 Å². The Kier molecular flexibility index (Phi) is 3.67. The number of hydrogen-bond acceptors (Lipinski definition) is 2. The fraction of sp³-hybridized carbons (Fsp3) is 0.294. The average molecular weight is 332 g/mol. The molecule has 104 valence electrons. The number of halogens is 1. The molecule has 1 atom stereocenters. The zero-order chi connectivity index (χ0) is 14.2. The summed E-state index contributed by atoms with van der Waals surface area (Å²) >= 11 is 3.44. The van der Waals surface area contributed by atoms with E-state index in [0.29, 0.717) is 6.54 Å². The lowest BCUT2D eigenvalue weighted by Crippen LogP contribution is -2.20. The predicted octanol–water partition coefficient (Wildman–Crippen LogP) is 3.52. The van der Waals surface area contributed by atoms with Gasteiger partial charge in [-0.15, -0.1) is 0 Å². The highest BCUT2D eigenvalue weighted by Crippen LogP contribution is 2.47. The molecule has 0 aliphatic heterocycles. The lowest BCUT2D eigenvalue weighted by Gasteiger charge is -2.17. The smallest absolute Gasteiger partial charge is 0.104 e. The summed E-state index contributed by atoms with van der Waals surface area (Å²) in [5.41, 5.74) is 9.13. The number of nitrogens with two attached hydrogens (primary N) is 1. The van der Waals surface area contributed by atoms with Gasteiger partial charge in [0.15, 0.2) is 0 Å². The maximum absolute atomic E-state index is 10.5. The van der Waals surface area contributed by atoms with E-state index >= 15 is 0 Å². The van der Waals surface area contributed by atoms with Crippen molar-refractivity contribution < 1.29 is 5.11 Å². The van der Waals surface area contributed by atoms with Crippen molar-refractivity contribution in [1.29, 1.82) is 0 Å². The summed E-state index contributed by atoms with van der Waals surface area (Å²) in [6, 6.07) is 16.0. The molecule has 3 heteroatoms. The van der Waals surface area contributed by atoms with Crippen molar-refractivity contribution in [3.63, 3.8) is 0 Å². The molecule has 0 aromatic heterocycles. The number of aliphatic hydroxyl groups is 1. The van der Waals surface area contributed by atoms with Crippen molar-refractivity contribution in [1.82, 2.24) is 0 Å². The molecule has 0 spiro atoms. The first kappa shape index (κ1) is 13.8. The van der Waals surface area contributed by atoms with Gasteiger partial charge in [-0.25, -0.2) is 0 Å². The Morgan fingerprint density at radius 1 is 1.10 bits per heavy atom. The monoisotopic (exact) mass is 331 g/mol. The zero-order valence-electron chi connectivity index (χ0n) is 11.2. The second-order valence-corrected chi connectivity index (χ2v) is 6.48. The number of rotatable bonds is 4. The average Bonchev–Trinajstić information content (AvgIpc) is 3.28. The minimum absolute atomic E-state index is 0.160. The van der Waals surface area contributed by atoms with Crippen LogP contribution in [0, 0.1) is 0 Å². The van der Waals surface area contributed by atoms with Gasteiger partial charge >= 0.3 is 0 Å². The molecule has 20 heavy (non-hydrogen) atoms. The van der Waals surface area contributed by atoms with E-state index in [9.17, 15) is 5.11 Å². The molecule has 0 radical (unpaired) electrons. The van der Waals surface area contributed by atoms with Gasteiger partial charge in [-0.1, -0.05) is 52.3 Å². The van der Waals surface area contributed by atoms with Gasteiger partial charge in [-0.2, -0.15) is 0 Å². The Labute approximate surface area is 127 Å². The van der Waals surface area contributed by atoms with Crippen LogP contribution in [0.5, 0.6) is 0 Å². The predicted molar refractivity (Wildman–Crippen MR) is 84.6 cm³/mol. The molecule has 1 fully saturated rings. The Morgan fingerprint density at radius 2 is 1.75 bits per heavy atom. The first-order chi connectivity index (χ1) is 9.64. The first-order valence-corrected chi connectivity index (χ1v) is 7.68. The number of benzene rings is 2. The SMILES string of the molecule is NCC1(c2cccc(C(O)c3cccc(Br)c3)c2)CC1. The van der Waals surface area contributed by atoms with Gasteiger partial charge in [-0.05, 0) is 41.7 Å². The lowest BCUT2D eigenvalue weighted by atomic mass is 9.92. The normalized spacial score (nSPS) is 17.8. The first-order valence-electron chi connectivity index (χ1n) is 6.89. The topological polar surface area (TPSA) is 46.2 Å². The second kappa shape index (κ2) is 5.32. The molecule has 0 amide bonds. The highest BCUT2D eigenvalue weighted by molar-refractivity contribution is 9.10. The molecule has 1 unspecified atom stereocenters. The van der Waals surface area contributed by atoms with Crippen LogP contribution < -0.4 is 5.73 Å². The van der Waals surface area contributed by atoms with E-state index in [1.807, 2.05) is 36.4 Å². The fourth-order valence-corrected chi connectivity index (χ4v) is 3.09. The second-order valence-electron chi connectivity index (χ2n) is 5.57. The highest BCUT2D eigenvalue weighted by atomic mass is 79.9. The van der Waals surface area contributed by atoms with E-state index in [2.05, 4.69) is 28.1 Å². The van der Waals surface area contributed by atoms with E-state index in [0.717, 1.165) is 28.4 Å². The molecular weight excluding hydrogens is 314 g/mol. The van der Waals surface area contributed by atoms with Crippen LogP contribution >= 0.6 is 15.9 Å². The minimum Gasteiger partial charge on any atom is -0.384 e. The van der Waals surface area contributed by atoms with Gasteiger partial charge in [0.05, 0.1) is 0 Å². The van der Waals surface area contributed by atoms with E-state index in [1.165, 1.54) is 5.56 Å². The third-order valence-electron chi connectivity index (χ3n) is 4.22. The third-order valence-corrected chi connectivity index (χ3v) is 4.72. The lowest BCUT2D eigenvalue weighted by molar-refractivity contribution is 0.220. The number of aliphatic hydroxyl groups excluding tert-OH is 1. The van der Waals surface area contributed by atoms with Crippen LogP contribution in [0.3, 0.4) is 0 Å². The Morgan fingerprint density at radius 3 is 2.35 bits per heavy atom. The summed E-state index contributed by atoms with van der Waals surface area (Å²) in [6.45, 7) is 0.684. The standard InChI is InChI=1S/C17H18BrNO/c18-15-6-2-4-13(10-15)16(20)12-3-1-5-14(9-12)17(11-19)7-8-17/h1-6,9-10,16,20H,7-8,11,19H2. The Hall–Kier alpha value is -1.16. The van der Waals surface area contributed by atoms with Gasteiger partial charge in [0, 0.05) is 16.4 Å². The molecule has 1 aliphatic rings. The summed E-state index contributed by atoms with van der Waals surface area (Å²) in [5.74, 6) is 0.